The zero-order chi connectivity index (χ0) is 28.0. The standard InChI is InChI=1S/C30H50N4O4S/c1-23-21-28(38-4)22-24(2)30(23)39(36,37)32(3)16-13-29(35)31-27-9-7-25(8-10-27)26-11-17-34(18-12-26)20-19-33-14-5-6-15-33/h21-22,25-27H,5-20H2,1-4H3,(H,31,35). The second-order valence-corrected chi connectivity index (χ2v) is 14.1. The van der Waals surface area contributed by atoms with E-state index < -0.39 is 10.0 Å². The van der Waals surface area contributed by atoms with E-state index in [1.54, 1.807) is 40.1 Å². The summed E-state index contributed by atoms with van der Waals surface area (Å²) in [6, 6.07) is 3.67. The number of nitrogens with zero attached hydrogens (tertiary/aromatic N) is 3. The number of benzene rings is 1. The molecule has 0 atom stereocenters. The van der Waals surface area contributed by atoms with E-state index in [-0.39, 0.29) is 24.9 Å². The number of carbonyl (C=O) groups is 1. The third-order valence-corrected chi connectivity index (χ3v) is 11.5. The van der Waals surface area contributed by atoms with Crippen LogP contribution in [0.3, 0.4) is 0 Å². The minimum Gasteiger partial charge on any atom is -0.497 e. The van der Waals surface area contributed by atoms with Crippen molar-refractivity contribution in [1.29, 1.82) is 0 Å². The van der Waals surface area contributed by atoms with Gasteiger partial charge in [-0.15, -0.1) is 0 Å². The number of hydrogen-bond acceptors (Lipinski definition) is 6. The molecule has 0 spiro atoms. The summed E-state index contributed by atoms with van der Waals surface area (Å²) >= 11 is 0. The number of carbonyl (C=O) groups excluding carboxylic acids is 1. The van der Waals surface area contributed by atoms with E-state index >= 15 is 0 Å². The Hall–Kier alpha value is -1.68. The molecule has 2 saturated heterocycles. The Bertz CT molecular complexity index is 1030. The molecule has 0 radical (unpaired) electrons. The molecule has 1 saturated carbocycles. The molecule has 3 fully saturated rings. The summed E-state index contributed by atoms with van der Waals surface area (Å²) in [4.78, 5) is 18.3. The van der Waals surface area contributed by atoms with Crippen molar-refractivity contribution >= 4 is 15.9 Å². The average Bonchev–Trinajstić information content (AvgIpc) is 3.44. The fraction of sp³-hybridized carbons (Fsp3) is 0.767. The molecule has 0 bridgehead atoms. The van der Waals surface area contributed by atoms with Crippen LogP contribution in [0, 0.1) is 25.7 Å². The van der Waals surface area contributed by atoms with Crippen molar-refractivity contribution in [3.8, 4) is 5.75 Å². The van der Waals surface area contributed by atoms with Crippen LogP contribution in [0.4, 0.5) is 0 Å². The van der Waals surface area contributed by atoms with Gasteiger partial charge in [0.05, 0.1) is 12.0 Å². The number of methoxy groups -OCH3 is 1. The molecule has 39 heavy (non-hydrogen) atoms. The first-order valence-corrected chi connectivity index (χ1v) is 16.5. The predicted molar refractivity (Wildman–Crippen MR) is 156 cm³/mol. The lowest BCUT2D eigenvalue weighted by atomic mass is 9.74. The molecule has 4 rings (SSSR count). The molecule has 9 heteroatoms. The minimum absolute atomic E-state index is 0.0602. The number of hydrogen-bond donors (Lipinski definition) is 1. The summed E-state index contributed by atoms with van der Waals surface area (Å²) in [6.07, 6.45) is 9.97. The number of amides is 1. The van der Waals surface area contributed by atoms with Crippen LogP contribution in [0.2, 0.25) is 0 Å². The normalized spacial score (nSPS) is 23.8. The van der Waals surface area contributed by atoms with Crippen molar-refractivity contribution in [1.82, 2.24) is 19.4 Å². The van der Waals surface area contributed by atoms with E-state index in [0.29, 0.717) is 21.8 Å². The number of aryl methyl sites for hydroxylation is 2. The zero-order valence-electron chi connectivity index (χ0n) is 24.6. The molecule has 1 aromatic carbocycles. The van der Waals surface area contributed by atoms with Gasteiger partial charge in [0.15, 0.2) is 0 Å². The molecular weight excluding hydrogens is 512 g/mol. The van der Waals surface area contributed by atoms with E-state index in [4.69, 9.17) is 4.74 Å². The average molecular weight is 563 g/mol. The highest BCUT2D eigenvalue weighted by Crippen LogP contribution is 2.36. The molecule has 2 heterocycles. The van der Waals surface area contributed by atoms with Gasteiger partial charge >= 0.3 is 0 Å². The van der Waals surface area contributed by atoms with Crippen LogP contribution in [0.1, 0.15) is 68.9 Å². The number of rotatable bonds is 11. The molecule has 1 aromatic rings. The highest BCUT2D eigenvalue weighted by Gasteiger charge is 2.31. The lowest BCUT2D eigenvalue weighted by Gasteiger charge is -2.39. The third kappa shape index (κ3) is 7.96. The first-order chi connectivity index (χ1) is 18.7. The van der Waals surface area contributed by atoms with E-state index in [1.165, 1.54) is 82.1 Å². The van der Waals surface area contributed by atoms with Gasteiger partial charge in [-0.3, -0.25) is 4.79 Å². The van der Waals surface area contributed by atoms with Gasteiger partial charge in [-0.1, -0.05) is 0 Å². The summed E-state index contributed by atoms with van der Waals surface area (Å²) in [5.41, 5.74) is 1.29. The number of nitrogens with one attached hydrogen (secondary N) is 1. The van der Waals surface area contributed by atoms with Crippen LogP contribution in [-0.4, -0.2) is 94.4 Å². The highest BCUT2D eigenvalue weighted by molar-refractivity contribution is 7.89. The molecule has 2 aliphatic heterocycles. The molecule has 1 N–H and O–H groups in total. The highest BCUT2D eigenvalue weighted by atomic mass is 32.2. The van der Waals surface area contributed by atoms with Gasteiger partial charge in [0.2, 0.25) is 15.9 Å². The van der Waals surface area contributed by atoms with Crippen LogP contribution < -0.4 is 10.1 Å². The minimum atomic E-state index is -3.69. The molecule has 3 aliphatic rings. The van der Waals surface area contributed by atoms with Crippen LogP contribution in [0.15, 0.2) is 17.0 Å². The summed E-state index contributed by atoms with van der Waals surface area (Å²) < 4.78 is 33.0. The topological polar surface area (TPSA) is 82.2 Å². The fourth-order valence-corrected chi connectivity index (χ4v) is 8.52. The fourth-order valence-electron chi connectivity index (χ4n) is 6.94. The van der Waals surface area contributed by atoms with Crippen molar-refractivity contribution in [2.75, 3.05) is 60.0 Å². The third-order valence-electron chi connectivity index (χ3n) is 9.36. The van der Waals surface area contributed by atoms with E-state index in [9.17, 15) is 13.2 Å². The van der Waals surface area contributed by atoms with Crippen LogP contribution >= 0.6 is 0 Å². The van der Waals surface area contributed by atoms with E-state index in [2.05, 4.69) is 15.1 Å². The number of piperidine rings is 1. The summed E-state index contributed by atoms with van der Waals surface area (Å²) in [5.74, 6) is 2.19. The SMILES string of the molecule is COc1cc(C)c(S(=O)(=O)N(C)CCC(=O)NC2CCC(C3CCN(CCN4CCCC4)CC3)CC2)c(C)c1. The second kappa shape index (κ2) is 13.8. The largest absolute Gasteiger partial charge is 0.497 e. The van der Waals surface area contributed by atoms with Gasteiger partial charge in [0, 0.05) is 39.1 Å². The molecule has 1 amide bonds. The lowest BCUT2D eigenvalue weighted by molar-refractivity contribution is -0.122. The van der Waals surface area contributed by atoms with Crippen LogP contribution in [0.25, 0.3) is 0 Å². The molecule has 8 nitrogen and oxygen atoms in total. The van der Waals surface area contributed by atoms with Gasteiger partial charge in [-0.25, -0.2) is 12.7 Å². The van der Waals surface area contributed by atoms with Gasteiger partial charge in [-0.2, -0.15) is 0 Å². The lowest BCUT2D eigenvalue weighted by Crippen LogP contribution is -2.43. The van der Waals surface area contributed by atoms with E-state index in [1.807, 2.05) is 0 Å². The predicted octanol–water partition coefficient (Wildman–Crippen LogP) is 3.81. The smallest absolute Gasteiger partial charge is 0.243 e. The Morgan fingerprint density at radius 3 is 2.03 bits per heavy atom. The van der Waals surface area contributed by atoms with Crippen molar-refractivity contribution in [3.63, 3.8) is 0 Å². The Labute approximate surface area is 236 Å². The quantitative estimate of drug-likeness (QED) is 0.442. The maximum atomic E-state index is 13.2. The van der Waals surface area contributed by atoms with Crippen molar-refractivity contribution in [2.45, 2.75) is 82.6 Å². The van der Waals surface area contributed by atoms with Crippen molar-refractivity contribution in [3.05, 3.63) is 23.3 Å². The molecule has 0 aromatic heterocycles. The summed E-state index contributed by atoms with van der Waals surface area (Å²) in [6.45, 7) is 11.2. The Morgan fingerprint density at radius 2 is 1.46 bits per heavy atom. The van der Waals surface area contributed by atoms with Crippen LogP contribution in [-0.2, 0) is 14.8 Å². The summed E-state index contributed by atoms with van der Waals surface area (Å²) in [5, 5.41) is 3.19. The van der Waals surface area contributed by atoms with Gasteiger partial charge in [-0.05, 0) is 126 Å². The molecular formula is C30H50N4O4S. The van der Waals surface area contributed by atoms with Gasteiger partial charge in [0.1, 0.15) is 5.75 Å². The monoisotopic (exact) mass is 562 g/mol. The Balaban J connectivity index is 1.15. The second-order valence-electron chi connectivity index (χ2n) is 12.1. The zero-order valence-corrected chi connectivity index (χ0v) is 25.4. The maximum absolute atomic E-state index is 13.2. The Kier molecular flexibility index (Phi) is 10.7. The van der Waals surface area contributed by atoms with Gasteiger partial charge in [0.25, 0.3) is 0 Å². The number of ether oxygens (including phenoxy) is 1. The maximum Gasteiger partial charge on any atom is 0.243 e. The number of likely N-dealkylation sites (tertiary alicyclic amines) is 2. The van der Waals surface area contributed by atoms with Gasteiger partial charge < -0.3 is 19.9 Å². The first-order valence-electron chi connectivity index (χ1n) is 15.0. The molecule has 1 aliphatic carbocycles. The van der Waals surface area contributed by atoms with E-state index in [0.717, 1.165) is 24.7 Å². The van der Waals surface area contributed by atoms with Crippen molar-refractivity contribution in [2.24, 2.45) is 11.8 Å². The number of sulfonamides is 1. The van der Waals surface area contributed by atoms with Crippen LogP contribution in [0.5, 0.6) is 5.75 Å². The van der Waals surface area contributed by atoms with Crippen molar-refractivity contribution < 1.29 is 17.9 Å². The molecule has 0 unspecified atom stereocenters. The summed E-state index contributed by atoms with van der Waals surface area (Å²) in [7, 11) is -0.574. The molecule has 220 valence electrons. The first kappa shape index (κ1) is 30.3. The Morgan fingerprint density at radius 1 is 0.923 bits per heavy atom.